The number of rotatable bonds is 3. The van der Waals surface area contributed by atoms with Gasteiger partial charge in [0.25, 0.3) is 5.56 Å². The molecule has 0 saturated carbocycles. The maximum Gasteiger partial charge on any atom is 0.330 e. The molecule has 0 atom stereocenters. The summed E-state index contributed by atoms with van der Waals surface area (Å²) >= 11 is 0. The van der Waals surface area contributed by atoms with Crippen LogP contribution in [0.4, 0.5) is 16.2 Å². The SMILES string of the molecule is Cn1cc(N2CCC(NC(=O)Nc3ccccc3)CC2)c(=O)n(C)c1=O. The van der Waals surface area contributed by atoms with Gasteiger partial charge in [-0.3, -0.25) is 9.36 Å². The Balaban J connectivity index is 1.59. The molecule has 138 valence electrons. The number of aryl methyl sites for hydroxylation is 1. The number of urea groups is 1. The van der Waals surface area contributed by atoms with E-state index in [1.807, 2.05) is 35.2 Å². The zero-order chi connectivity index (χ0) is 18.7. The van der Waals surface area contributed by atoms with Gasteiger partial charge in [0.2, 0.25) is 0 Å². The van der Waals surface area contributed by atoms with Crippen LogP contribution in [0.1, 0.15) is 12.8 Å². The molecule has 1 aliphatic rings. The number of anilines is 2. The summed E-state index contributed by atoms with van der Waals surface area (Å²) in [7, 11) is 3.11. The van der Waals surface area contributed by atoms with Gasteiger partial charge in [-0.15, -0.1) is 0 Å². The normalized spacial score (nSPS) is 14.9. The predicted molar refractivity (Wildman–Crippen MR) is 101 cm³/mol. The highest BCUT2D eigenvalue weighted by atomic mass is 16.2. The number of benzene rings is 1. The number of carbonyl (C=O) groups is 1. The molecule has 26 heavy (non-hydrogen) atoms. The van der Waals surface area contributed by atoms with Crippen LogP contribution >= 0.6 is 0 Å². The molecule has 2 aromatic rings. The Morgan fingerprint density at radius 3 is 2.38 bits per heavy atom. The third kappa shape index (κ3) is 3.79. The molecule has 8 nitrogen and oxygen atoms in total. The van der Waals surface area contributed by atoms with Crippen LogP contribution in [0.5, 0.6) is 0 Å². The second-order valence-electron chi connectivity index (χ2n) is 6.50. The largest absolute Gasteiger partial charge is 0.366 e. The van der Waals surface area contributed by atoms with E-state index >= 15 is 0 Å². The standard InChI is InChI=1S/C18H23N5O3/c1-21-12-15(16(24)22(2)18(21)26)23-10-8-14(9-11-23)20-17(25)19-13-6-4-3-5-7-13/h3-7,12,14H,8-11H2,1-2H3,(H2,19,20,25). The van der Waals surface area contributed by atoms with E-state index in [0.29, 0.717) is 18.8 Å². The Kier molecular flexibility index (Phi) is 5.11. The monoisotopic (exact) mass is 357 g/mol. The lowest BCUT2D eigenvalue weighted by Gasteiger charge is -2.33. The minimum Gasteiger partial charge on any atom is -0.366 e. The van der Waals surface area contributed by atoms with Crippen molar-refractivity contribution in [3.05, 3.63) is 57.4 Å². The molecule has 0 aliphatic carbocycles. The molecule has 1 aromatic heterocycles. The number of hydrogen-bond acceptors (Lipinski definition) is 4. The van der Waals surface area contributed by atoms with Gasteiger partial charge in [0.15, 0.2) is 0 Å². The first-order chi connectivity index (χ1) is 12.5. The van der Waals surface area contributed by atoms with Gasteiger partial charge in [0, 0.05) is 45.1 Å². The smallest absolute Gasteiger partial charge is 0.330 e. The topological polar surface area (TPSA) is 88.4 Å². The van der Waals surface area contributed by atoms with Crippen LogP contribution in [0.3, 0.4) is 0 Å². The number of para-hydroxylation sites is 1. The van der Waals surface area contributed by atoms with Crippen molar-refractivity contribution in [3.63, 3.8) is 0 Å². The van der Waals surface area contributed by atoms with Gasteiger partial charge in [0.1, 0.15) is 5.69 Å². The molecule has 0 radical (unpaired) electrons. The molecule has 2 heterocycles. The van der Waals surface area contributed by atoms with Crippen LogP contribution in [0.2, 0.25) is 0 Å². The van der Waals surface area contributed by atoms with E-state index in [2.05, 4.69) is 10.6 Å². The maximum atomic E-state index is 12.3. The van der Waals surface area contributed by atoms with Crippen LogP contribution in [0.15, 0.2) is 46.1 Å². The minimum atomic E-state index is -0.340. The summed E-state index contributed by atoms with van der Waals surface area (Å²) in [5.74, 6) is 0. The lowest BCUT2D eigenvalue weighted by molar-refractivity contribution is 0.246. The number of nitrogens with one attached hydrogen (secondary N) is 2. The Hall–Kier alpha value is -3.03. The van der Waals surface area contributed by atoms with E-state index in [1.165, 1.54) is 11.6 Å². The number of aromatic nitrogens is 2. The number of hydrogen-bond donors (Lipinski definition) is 2. The maximum absolute atomic E-state index is 12.3. The first kappa shape index (κ1) is 17.8. The Bertz CT molecular complexity index is 895. The third-order valence-electron chi connectivity index (χ3n) is 4.63. The molecule has 1 saturated heterocycles. The first-order valence-electron chi connectivity index (χ1n) is 8.60. The molecule has 0 bridgehead atoms. The van der Waals surface area contributed by atoms with Gasteiger partial charge in [-0.25, -0.2) is 9.59 Å². The summed E-state index contributed by atoms with van der Waals surface area (Å²) < 4.78 is 2.53. The second kappa shape index (κ2) is 7.47. The van der Waals surface area contributed by atoms with Crippen molar-refractivity contribution in [1.82, 2.24) is 14.5 Å². The summed E-state index contributed by atoms with van der Waals surface area (Å²) in [6, 6.07) is 9.10. The average Bonchev–Trinajstić information content (AvgIpc) is 2.64. The number of carbonyl (C=O) groups excluding carboxylic acids is 1. The predicted octanol–water partition coefficient (Wildman–Crippen LogP) is 0.875. The Morgan fingerprint density at radius 2 is 1.73 bits per heavy atom. The fraction of sp³-hybridized carbons (Fsp3) is 0.389. The lowest BCUT2D eigenvalue weighted by atomic mass is 10.0. The average molecular weight is 357 g/mol. The van der Waals surface area contributed by atoms with Crippen molar-refractivity contribution < 1.29 is 4.79 Å². The van der Waals surface area contributed by atoms with Crippen LogP contribution in [-0.4, -0.2) is 34.3 Å². The zero-order valence-electron chi connectivity index (χ0n) is 14.9. The first-order valence-corrected chi connectivity index (χ1v) is 8.60. The second-order valence-corrected chi connectivity index (χ2v) is 6.50. The molecule has 3 rings (SSSR count). The van der Waals surface area contributed by atoms with E-state index in [4.69, 9.17) is 0 Å². The van der Waals surface area contributed by atoms with Gasteiger partial charge < -0.3 is 20.1 Å². The van der Waals surface area contributed by atoms with Gasteiger partial charge >= 0.3 is 11.7 Å². The fourth-order valence-corrected chi connectivity index (χ4v) is 3.14. The summed E-state index contributed by atoms with van der Waals surface area (Å²) in [4.78, 5) is 38.2. The van der Waals surface area contributed by atoms with Gasteiger partial charge in [-0.1, -0.05) is 18.2 Å². The van der Waals surface area contributed by atoms with E-state index in [9.17, 15) is 14.4 Å². The highest BCUT2D eigenvalue weighted by Crippen LogP contribution is 2.16. The summed E-state index contributed by atoms with van der Waals surface area (Å²) in [5, 5.41) is 5.78. The highest BCUT2D eigenvalue weighted by molar-refractivity contribution is 5.89. The van der Waals surface area contributed by atoms with E-state index in [1.54, 1.807) is 13.2 Å². The molecule has 0 spiro atoms. The van der Waals surface area contributed by atoms with Crippen molar-refractivity contribution in [2.24, 2.45) is 14.1 Å². The van der Waals surface area contributed by atoms with E-state index in [0.717, 1.165) is 23.1 Å². The number of piperidine rings is 1. The van der Waals surface area contributed by atoms with E-state index < -0.39 is 0 Å². The van der Waals surface area contributed by atoms with Gasteiger partial charge in [0.05, 0.1) is 0 Å². The number of nitrogens with zero attached hydrogens (tertiary/aromatic N) is 3. The molecule has 2 amide bonds. The molecular formula is C18H23N5O3. The molecule has 1 fully saturated rings. The molecule has 1 aliphatic heterocycles. The third-order valence-corrected chi connectivity index (χ3v) is 4.63. The Morgan fingerprint density at radius 1 is 1.08 bits per heavy atom. The molecule has 2 N–H and O–H groups in total. The van der Waals surface area contributed by atoms with Crippen molar-refractivity contribution in [2.75, 3.05) is 23.3 Å². The zero-order valence-corrected chi connectivity index (χ0v) is 14.9. The summed E-state index contributed by atoms with van der Waals surface area (Å²) in [5.41, 5.74) is 0.632. The van der Waals surface area contributed by atoms with Crippen LogP contribution in [0, 0.1) is 0 Å². The van der Waals surface area contributed by atoms with Crippen LogP contribution < -0.4 is 26.8 Å². The summed E-state index contributed by atoms with van der Waals surface area (Å²) in [6.45, 7) is 1.29. The van der Waals surface area contributed by atoms with Crippen molar-refractivity contribution in [2.45, 2.75) is 18.9 Å². The summed E-state index contributed by atoms with van der Waals surface area (Å²) in [6.07, 6.45) is 3.04. The molecular weight excluding hydrogens is 334 g/mol. The van der Waals surface area contributed by atoms with E-state index in [-0.39, 0.29) is 23.3 Å². The van der Waals surface area contributed by atoms with Gasteiger partial charge in [-0.2, -0.15) is 0 Å². The van der Waals surface area contributed by atoms with Crippen molar-refractivity contribution >= 4 is 17.4 Å². The van der Waals surface area contributed by atoms with Crippen molar-refractivity contribution in [1.29, 1.82) is 0 Å². The van der Waals surface area contributed by atoms with Gasteiger partial charge in [-0.05, 0) is 25.0 Å². The minimum absolute atomic E-state index is 0.0475. The highest BCUT2D eigenvalue weighted by Gasteiger charge is 2.23. The van der Waals surface area contributed by atoms with Crippen molar-refractivity contribution in [3.8, 4) is 0 Å². The quantitative estimate of drug-likeness (QED) is 0.853. The number of amides is 2. The molecule has 1 aromatic carbocycles. The lowest BCUT2D eigenvalue weighted by Crippen LogP contribution is -2.48. The Labute approximate surface area is 151 Å². The van der Waals surface area contributed by atoms with Crippen LogP contribution in [-0.2, 0) is 14.1 Å². The molecule has 0 unspecified atom stereocenters. The van der Waals surface area contributed by atoms with Crippen LogP contribution in [0.25, 0.3) is 0 Å². The molecule has 8 heteroatoms. The fourth-order valence-electron chi connectivity index (χ4n) is 3.14.